The van der Waals surface area contributed by atoms with Gasteiger partial charge in [0.2, 0.25) is 0 Å². The van der Waals surface area contributed by atoms with Crippen molar-refractivity contribution in [2.45, 2.75) is 26.7 Å². The van der Waals surface area contributed by atoms with Crippen molar-refractivity contribution in [1.29, 1.82) is 5.26 Å². The van der Waals surface area contributed by atoms with E-state index in [1.807, 2.05) is 32.0 Å². The summed E-state index contributed by atoms with van der Waals surface area (Å²) in [6.07, 6.45) is 1.61. The van der Waals surface area contributed by atoms with Crippen LogP contribution < -0.4 is 5.73 Å². The number of nitrogens with zero attached hydrogens (tertiary/aromatic N) is 1. The highest BCUT2D eigenvalue weighted by Crippen LogP contribution is 2.25. The van der Waals surface area contributed by atoms with E-state index in [4.69, 9.17) is 22.6 Å². The Bertz CT molecular complexity index is 455. The summed E-state index contributed by atoms with van der Waals surface area (Å²) in [4.78, 5) is 0. The minimum absolute atomic E-state index is 0.546. The maximum Gasteiger partial charge on any atom is 0.0968 e. The molecule has 3 heteroatoms. The van der Waals surface area contributed by atoms with E-state index in [-0.39, 0.29) is 0 Å². The van der Waals surface area contributed by atoms with Gasteiger partial charge in [-0.2, -0.15) is 5.26 Å². The second-order valence-corrected chi connectivity index (χ2v) is 4.07. The molecule has 0 atom stereocenters. The Morgan fingerprint density at radius 3 is 2.75 bits per heavy atom. The molecule has 16 heavy (non-hydrogen) atoms. The zero-order chi connectivity index (χ0) is 12.1. The number of hydrogen-bond donors (Lipinski definition) is 1. The molecule has 0 aliphatic heterocycles. The molecule has 0 fully saturated rings. The topological polar surface area (TPSA) is 49.8 Å². The lowest BCUT2D eigenvalue weighted by molar-refractivity contribution is 0.928. The van der Waals surface area contributed by atoms with E-state index in [1.165, 1.54) is 0 Å². The van der Waals surface area contributed by atoms with Gasteiger partial charge in [-0.1, -0.05) is 37.1 Å². The first-order valence-corrected chi connectivity index (χ1v) is 5.63. The smallest absolute Gasteiger partial charge is 0.0968 e. The molecule has 0 saturated carbocycles. The van der Waals surface area contributed by atoms with E-state index in [1.54, 1.807) is 0 Å². The van der Waals surface area contributed by atoms with Gasteiger partial charge in [0.05, 0.1) is 17.3 Å². The van der Waals surface area contributed by atoms with E-state index in [0.29, 0.717) is 22.7 Å². The molecule has 0 aromatic heterocycles. The Hall–Kier alpha value is -1.46. The summed E-state index contributed by atoms with van der Waals surface area (Å²) >= 11 is 6.02. The monoisotopic (exact) mass is 234 g/mol. The minimum atomic E-state index is 0.546. The average Bonchev–Trinajstić information content (AvgIpc) is 2.29. The average molecular weight is 235 g/mol. The first-order valence-electron chi connectivity index (χ1n) is 5.26. The van der Waals surface area contributed by atoms with Crippen LogP contribution in [0.3, 0.4) is 0 Å². The lowest BCUT2D eigenvalue weighted by Crippen LogP contribution is -2.03. The lowest BCUT2D eigenvalue weighted by atomic mass is 10.0. The van der Waals surface area contributed by atoms with E-state index in [2.05, 4.69) is 6.07 Å². The molecule has 84 valence electrons. The molecule has 0 aliphatic rings. The molecule has 0 spiro atoms. The van der Waals surface area contributed by atoms with Gasteiger partial charge in [-0.05, 0) is 25.0 Å². The van der Waals surface area contributed by atoms with Crippen LogP contribution in [-0.4, -0.2) is 0 Å². The summed E-state index contributed by atoms with van der Waals surface area (Å²) in [5.74, 6) is 0. The van der Waals surface area contributed by atoms with Crippen molar-refractivity contribution in [3.8, 4) is 6.07 Å². The fourth-order valence-corrected chi connectivity index (χ4v) is 1.74. The fraction of sp³-hybridized carbons (Fsp3) is 0.308. The largest absolute Gasteiger partial charge is 0.397 e. The van der Waals surface area contributed by atoms with Gasteiger partial charge >= 0.3 is 0 Å². The second kappa shape index (κ2) is 5.58. The molecule has 2 nitrogen and oxygen atoms in total. The molecule has 0 unspecified atom stereocenters. The van der Waals surface area contributed by atoms with Crippen molar-refractivity contribution in [1.82, 2.24) is 0 Å². The normalized spacial score (nSPS) is 11.9. The Labute approximate surface area is 101 Å². The number of nitriles is 1. The number of nitrogens with two attached hydrogens (primary N) is 1. The summed E-state index contributed by atoms with van der Waals surface area (Å²) in [7, 11) is 0. The summed E-state index contributed by atoms with van der Waals surface area (Å²) in [6, 6.07) is 7.72. The SMILES string of the molecule is CCC/C(C#N)=C(/N)c1cccc(Cl)c1C. The first kappa shape index (κ1) is 12.6. The molecule has 0 amide bonds. The highest BCUT2D eigenvalue weighted by atomic mass is 35.5. The molecule has 1 aromatic carbocycles. The third-order valence-electron chi connectivity index (χ3n) is 2.52. The Kier molecular flexibility index (Phi) is 4.39. The van der Waals surface area contributed by atoms with E-state index in [0.717, 1.165) is 17.5 Å². The molecule has 0 radical (unpaired) electrons. The maximum atomic E-state index is 9.03. The van der Waals surface area contributed by atoms with E-state index in [9.17, 15) is 0 Å². The summed E-state index contributed by atoms with van der Waals surface area (Å²) in [5, 5.41) is 9.70. The van der Waals surface area contributed by atoms with Gasteiger partial charge in [-0.3, -0.25) is 0 Å². The molecule has 0 aliphatic carbocycles. The van der Waals surface area contributed by atoms with Crippen LogP contribution in [0.2, 0.25) is 5.02 Å². The fourth-order valence-electron chi connectivity index (χ4n) is 1.56. The predicted octanol–water partition coefficient (Wildman–Crippen LogP) is 3.64. The molecule has 1 aromatic rings. The lowest BCUT2D eigenvalue weighted by Gasteiger charge is -2.09. The molecular weight excluding hydrogens is 220 g/mol. The van der Waals surface area contributed by atoms with Gasteiger partial charge in [-0.25, -0.2) is 0 Å². The second-order valence-electron chi connectivity index (χ2n) is 3.67. The molecular formula is C13H15ClN2. The van der Waals surface area contributed by atoms with Crippen LogP contribution in [0.4, 0.5) is 0 Å². The van der Waals surface area contributed by atoms with Crippen LogP contribution in [0.15, 0.2) is 23.8 Å². The molecule has 0 bridgehead atoms. The summed E-state index contributed by atoms with van der Waals surface area (Å²) in [6.45, 7) is 3.93. The van der Waals surface area contributed by atoms with Crippen molar-refractivity contribution < 1.29 is 0 Å². The highest BCUT2D eigenvalue weighted by molar-refractivity contribution is 6.31. The van der Waals surface area contributed by atoms with Crippen molar-refractivity contribution in [2.75, 3.05) is 0 Å². The molecule has 0 saturated heterocycles. The first-order chi connectivity index (χ1) is 7.61. The van der Waals surface area contributed by atoms with Gasteiger partial charge < -0.3 is 5.73 Å². The summed E-state index contributed by atoms with van der Waals surface area (Å²) in [5.41, 5.74) is 8.96. The van der Waals surface area contributed by atoms with Gasteiger partial charge in [-0.15, -0.1) is 0 Å². The highest BCUT2D eigenvalue weighted by Gasteiger charge is 2.09. The van der Waals surface area contributed by atoms with Crippen LogP contribution in [0.5, 0.6) is 0 Å². The number of hydrogen-bond acceptors (Lipinski definition) is 2. The van der Waals surface area contributed by atoms with Crippen molar-refractivity contribution in [2.24, 2.45) is 5.73 Å². The maximum absolute atomic E-state index is 9.03. The zero-order valence-electron chi connectivity index (χ0n) is 9.55. The van der Waals surface area contributed by atoms with Crippen LogP contribution in [0, 0.1) is 18.3 Å². The Morgan fingerprint density at radius 2 is 2.19 bits per heavy atom. The van der Waals surface area contributed by atoms with Crippen molar-refractivity contribution in [3.05, 3.63) is 39.9 Å². The number of benzene rings is 1. The van der Waals surface area contributed by atoms with E-state index < -0.39 is 0 Å². The standard InChI is InChI=1S/C13H15ClN2/c1-3-5-10(8-15)13(16)11-6-4-7-12(14)9(11)2/h4,6-7H,3,5,16H2,1-2H3/b13-10-. The minimum Gasteiger partial charge on any atom is -0.397 e. The Morgan fingerprint density at radius 1 is 1.50 bits per heavy atom. The van der Waals surface area contributed by atoms with Crippen LogP contribution in [0.25, 0.3) is 5.70 Å². The third kappa shape index (κ3) is 2.56. The van der Waals surface area contributed by atoms with Gasteiger partial charge in [0.15, 0.2) is 0 Å². The quantitative estimate of drug-likeness (QED) is 0.812. The molecule has 0 heterocycles. The zero-order valence-corrected chi connectivity index (χ0v) is 10.3. The van der Waals surface area contributed by atoms with Gasteiger partial charge in [0.25, 0.3) is 0 Å². The van der Waals surface area contributed by atoms with Crippen LogP contribution >= 0.6 is 11.6 Å². The van der Waals surface area contributed by atoms with Gasteiger partial charge in [0, 0.05) is 10.6 Å². The number of allylic oxidation sites excluding steroid dienone is 1. The third-order valence-corrected chi connectivity index (χ3v) is 2.93. The number of rotatable bonds is 3. The van der Waals surface area contributed by atoms with Crippen LogP contribution in [-0.2, 0) is 0 Å². The van der Waals surface area contributed by atoms with E-state index >= 15 is 0 Å². The summed E-state index contributed by atoms with van der Waals surface area (Å²) < 4.78 is 0. The van der Waals surface area contributed by atoms with Crippen molar-refractivity contribution in [3.63, 3.8) is 0 Å². The molecule has 1 rings (SSSR count). The molecule has 2 N–H and O–H groups in total. The number of halogens is 1. The predicted molar refractivity (Wildman–Crippen MR) is 67.8 cm³/mol. The van der Waals surface area contributed by atoms with Crippen LogP contribution in [0.1, 0.15) is 30.9 Å². The van der Waals surface area contributed by atoms with Gasteiger partial charge in [0.1, 0.15) is 0 Å². The Balaban J connectivity index is 3.28. The van der Waals surface area contributed by atoms with Crippen molar-refractivity contribution >= 4 is 17.3 Å².